The van der Waals surface area contributed by atoms with Gasteiger partial charge in [0.1, 0.15) is 0 Å². The van der Waals surface area contributed by atoms with Gasteiger partial charge in [0, 0.05) is 0 Å². The number of rotatable bonds is 8. The third-order valence-corrected chi connectivity index (χ3v) is 3.13. The monoisotopic (exact) mass is 218 g/mol. The van der Waals surface area contributed by atoms with Crippen molar-refractivity contribution in [3.05, 3.63) is 35.4 Å². The summed E-state index contributed by atoms with van der Waals surface area (Å²) < 4.78 is 0. The maximum Gasteiger partial charge on any atom is -0.0279 e. The van der Waals surface area contributed by atoms with E-state index in [-0.39, 0.29) is 0 Å². The fourth-order valence-corrected chi connectivity index (χ4v) is 2.09. The van der Waals surface area contributed by atoms with Gasteiger partial charge in [-0.05, 0) is 30.4 Å². The van der Waals surface area contributed by atoms with Crippen LogP contribution in [0.15, 0.2) is 24.3 Å². The smallest absolute Gasteiger partial charge is 0.0279 e. The van der Waals surface area contributed by atoms with Gasteiger partial charge >= 0.3 is 0 Å². The second-order valence-corrected chi connectivity index (χ2v) is 4.73. The molecule has 16 heavy (non-hydrogen) atoms. The molecule has 90 valence electrons. The minimum atomic E-state index is 1.22. The first kappa shape index (κ1) is 13.3. The Hall–Kier alpha value is -0.780. The Morgan fingerprint density at radius 2 is 1.19 bits per heavy atom. The molecule has 0 nitrogen and oxygen atoms in total. The number of hydrogen-bond donors (Lipinski definition) is 0. The highest BCUT2D eigenvalue weighted by Crippen LogP contribution is 2.11. The Balaban J connectivity index is 2.21. The van der Waals surface area contributed by atoms with Crippen LogP contribution in [0.2, 0.25) is 0 Å². The first-order chi connectivity index (χ1) is 7.86. The van der Waals surface area contributed by atoms with Crippen molar-refractivity contribution in [3.8, 4) is 0 Å². The van der Waals surface area contributed by atoms with Crippen LogP contribution in [0.3, 0.4) is 0 Å². The van der Waals surface area contributed by atoms with E-state index in [2.05, 4.69) is 38.1 Å². The lowest BCUT2D eigenvalue weighted by atomic mass is 10.0. The van der Waals surface area contributed by atoms with Crippen LogP contribution >= 0.6 is 0 Å². The summed E-state index contributed by atoms with van der Waals surface area (Å²) in [4.78, 5) is 0. The van der Waals surface area contributed by atoms with Crippen LogP contribution in [-0.2, 0) is 12.8 Å². The van der Waals surface area contributed by atoms with Crippen LogP contribution < -0.4 is 0 Å². The van der Waals surface area contributed by atoms with Gasteiger partial charge in [-0.15, -0.1) is 0 Å². The van der Waals surface area contributed by atoms with E-state index in [0.29, 0.717) is 0 Å². The highest BCUT2D eigenvalue weighted by atomic mass is 14.0. The molecule has 1 rings (SSSR count). The van der Waals surface area contributed by atoms with Gasteiger partial charge in [0.05, 0.1) is 0 Å². The van der Waals surface area contributed by atoms with Gasteiger partial charge in [0.25, 0.3) is 0 Å². The van der Waals surface area contributed by atoms with Crippen molar-refractivity contribution in [2.24, 2.45) is 0 Å². The molecule has 0 saturated carbocycles. The maximum absolute atomic E-state index is 2.31. The molecule has 0 spiro atoms. The van der Waals surface area contributed by atoms with Crippen LogP contribution in [0.25, 0.3) is 0 Å². The topological polar surface area (TPSA) is 0 Å². The molecule has 0 saturated heterocycles. The Morgan fingerprint density at radius 1 is 0.625 bits per heavy atom. The average molecular weight is 218 g/mol. The summed E-state index contributed by atoms with van der Waals surface area (Å²) in [5.74, 6) is 0. The van der Waals surface area contributed by atoms with Crippen LogP contribution in [0.4, 0.5) is 0 Å². The summed E-state index contributed by atoms with van der Waals surface area (Å²) >= 11 is 0. The van der Waals surface area contributed by atoms with Crippen molar-refractivity contribution < 1.29 is 0 Å². The molecule has 0 atom stereocenters. The molecule has 1 aromatic rings. The van der Waals surface area contributed by atoms with Crippen molar-refractivity contribution in [3.63, 3.8) is 0 Å². The van der Waals surface area contributed by atoms with Gasteiger partial charge < -0.3 is 0 Å². The molecular weight excluding hydrogens is 192 g/mol. The van der Waals surface area contributed by atoms with Crippen LogP contribution in [0, 0.1) is 0 Å². The molecule has 0 aliphatic carbocycles. The highest BCUT2D eigenvalue weighted by Gasteiger charge is 1.95. The largest absolute Gasteiger partial charge is 0.0654 e. The van der Waals surface area contributed by atoms with E-state index >= 15 is 0 Å². The van der Waals surface area contributed by atoms with Crippen LogP contribution in [-0.4, -0.2) is 0 Å². The molecule has 0 unspecified atom stereocenters. The van der Waals surface area contributed by atoms with Crippen LogP contribution in [0.1, 0.15) is 63.5 Å². The Morgan fingerprint density at radius 3 is 1.75 bits per heavy atom. The molecule has 0 N–H and O–H groups in total. The first-order valence-corrected chi connectivity index (χ1v) is 6.94. The van der Waals surface area contributed by atoms with Gasteiger partial charge in [-0.2, -0.15) is 0 Å². The summed E-state index contributed by atoms with van der Waals surface area (Å²) in [5, 5.41) is 0. The molecule has 0 aliphatic rings. The predicted octanol–water partition coefficient (Wildman–Crippen LogP) is 5.15. The third-order valence-electron chi connectivity index (χ3n) is 3.13. The molecule has 0 heteroatoms. The van der Waals surface area contributed by atoms with Crippen molar-refractivity contribution in [2.45, 2.75) is 65.2 Å². The quantitative estimate of drug-likeness (QED) is 0.529. The Labute approximate surface area is 101 Å². The molecule has 0 aromatic heterocycles. The minimum Gasteiger partial charge on any atom is -0.0654 e. The molecule has 0 bridgehead atoms. The van der Waals surface area contributed by atoms with Crippen LogP contribution in [0.5, 0.6) is 0 Å². The van der Waals surface area contributed by atoms with Crippen molar-refractivity contribution in [1.82, 2.24) is 0 Å². The molecule has 0 amide bonds. The second-order valence-electron chi connectivity index (χ2n) is 4.73. The standard InChI is InChI=1S/C16H26/c1-3-5-6-7-8-10-16-13-11-15(9-4-2)12-14-16/h11-14H,3-10H2,1-2H3. The maximum atomic E-state index is 2.31. The van der Waals surface area contributed by atoms with Gasteiger partial charge in [0.2, 0.25) is 0 Å². The van der Waals surface area contributed by atoms with E-state index < -0.39 is 0 Å². The molecule has 0 heterocycles. The normalized spacial score (nSPS) is 10.6. The van der Waals surface area contributed by atoms with Gasteiger partial charge in [-0.1, -0.05) is 70.2 Å². The molecular formula is C16H26. The summed E-state index contributed by atoms with van der Waals surface area (Å²) in [5.41, 5.74) is 2.99. The van der Waals surface area contributed by atoms with E-state index in [4.69, 9.17) is 0 Å². The van der Waals surface area contributed by atoms with E-state index in [1.54, 1.807) is 0 Å². The van der Waals surface area contributed by atoms with E-state index in [1.165, 1.54) is 62.5 Å². The Bertz CT molecular complexity index is 258. The van der Waals surface area contributed by atoms with E-state index in [1.807, 2.05) is 0 Å². The lowest BCUT2D eigenvalue weighted by Gasteiger charge is -2.03. The van der Waals surface area contributed by atoms with Crippen molar-refractivity contribution >= 4 is 0 Å². The van der Waals surface area contributed by atoms with Gasteiger partial charge in [-0.25, -0.2) is 0 Å². The summed E-state index contributed by atoms with van der Waals surface area (Å²) in [6.45, 7) is 4.51. The lowest BCUT2D eigenvalue weighted by molar-refractivity contribution is 0.632. The molecule has 0 aliphatic heterocycles. The van der Waals surface area contributed by atoms with Crippen molar-refractivity contribution in [2.75, 3.05) is 0 Å². The molecule has 1 aromatic carbocycles. The minimum absolute atomic E-state index is 1.22. The number of hydrogen-bond acceptors (Lipinski definition) is 0. The second kappa shape index (κ2) is 8.38. The average Bonchev–Trinajstić information content (AvgIpc) is 2.31. The summed E-state index contributed by atoms with van der Waals surface area (Å²) in [6.07, 6.45) is 10.6. The van der Waals surface area contributed by atoms with Crippen molar-refractivity contribution in [1.29, 1.82) is 0 Å². The summed E-state index contributed by atoms with van der Waals surface area (Å²) in [7, 11) is 0. The number of aryl methyl sites for hydroxylation is 2. The lowest BCUT2D eigenvalue weighted by Crippen LogP contribution is -1.88. The number of unbranched alkanes of at least 4 members (excludes halogenated alkanes) is 4. The zero-order valence-corrected chi connectivity index (χ0v) is 11.0. The zero-order valence-electron chi connectivity index (χ0n) is 11.0. The van der Waals surface area contributed by atoms with E-state index in [0.717, 1.165) is 0 Å². The number of benzene rings is 1. The van der Waals surface area contributed by atoms with Gasteiger partial charge in [-0.3, -0.25) is 0 Å². The molecule has 0 fully saturated rings. The Kier molecular flexibility index (Phi) is 6.96. The van der Waals surface area contributed by atoms with E-state index in [9.17, 15) is 0 Å². The molecule has 0 radical (unpaired) electrons. The zero-order chi connectivity index (χ0) is 11.6. The fourth-order valence-electron chi connectivity index (χ4n) is 2.09. The van der Waals surface area contributed by atoms with Gasteiger partial charge in [0.15, 0.2) is 0 Å². The SMILES string of the molecule is CCCCCCCc1ccc(CCC)cc1. The first-order valence-electron chi connectivity index (χ1n) is 6.94. The summed E-state index contributed by atoms with van der Waals surface area (Å²) in [6, 6.07) is 9.21. The predicted molar refractivity (Wildman–Crippen MR) is 72.9 cm³/mol. The third kappa shape index (κ3) is 5.34. The highest BCUT2D eigenvalue weighted by molar-refractivity contribution is 5.22. The fraction of sp³-hybridized carbons (Fsp3) is 0.625.